The average molecular weight is 1190 g/mol. The van der Waals surface area contributed by atoms with Crippen molar-refractivity contribution in [3.8, 4) is 50.7 Å². The van der Waals surface area contributed by atoms with Crippen molar-refractivity contribution in [3.63, 3.8) is 0 Å². The van der Waals surface area contributed by atoms with E-state index in [0.717, 1.165) is 27.8 Å². The average Bonchev–Trinajstić information content (AvgIpc) is 1.50. The van der Waals surface area contributed by atoms with Gasteiger partial charge in [0.25, 0.3) is 0 Å². The molecule has 8 aromatic carbocycles. The van der Waals surface area contributed by atoms with Crippen LogP contribution in [-0.2, 0) is 42.7 Å². The van der Waals surface area contributed by atoms with Gasteiger partial charge in [-0.3, -0.25) is 0 Å². The normalized spacial score (nSPS) is 16.4. The van der Waals surface area contributed by atoms with E-state index in [2.05, 4.69) is 104 Å². The van der Waals surface area contributed by atoms with Crippen LogP contribution in [0.15, 0.2) is 182 Å². The van der Waals surface area contributed by atoms with E-state index in [1.165, 1.54) is 4.57 Å². The van der Waals surface area contributed by atoms with Gasteiger partial charge in [0.15, 0.2) is 0 Å². The Hall–Kier alpha value is -7.20. The molecule has 2 aromatic heterocycles. The summed E-state index contributed by atoms with van der Waals surface area (Å²) in [5.41, 5.74) is 3.62. The summed E-state index contributed by atoms with van der Waals surface area (Å²) in [6, 6.07) is 19.7. The summed E-state index contributed by atoms with van der Waals surface area (Å²) in [6.45, 7) is 26.2. The van der Waals surface area contributed by atoms with Crippen LogP contribution < -0.4 is 14.5 Å². The quantitative estimate of drug-likeness (QED) is 0.142. The minimum Gasteiger partial charge on any atom is -0.509 e. The summed E-state index contributed by atoms with van der Waals surface area (Å²) >= 11 is 0. The smallest absolute Gasteiger partial charge is 0.135 e. The van der Waals surface area contributed by atoms with Crippen LogP contribution in [0, 0.1) is 18.8 Å². The molecule has 0 atom stereocenters. The van der Waals surface area contributed by atoms with Crippen LogP contribution in [0.4, 0.5) is 22.7 Å². The van der Waals surface area contributed by atoms with Crippen molar-refractivity contribution in [2.75, 3.05) is 9.80 Å². The SMILES string of the molecule is [2H]c1nc(-n2c3[c-]c(Oc4[c-]c(N5[CH-]N(c6c(-c7cc(C(C)(C)C)cc(C(C)(C)C)c7)cc(C(C)(C)C)cc6-c6c([2H])c([2H])c([2H])c([2H])c6[2H])c6ccccc65)ccc4)c([2H])c([2H])c3c3c([2H])c(-c4c([2H])c([2H])c([2H])c([2H])c4[2H])c([2H])c([2H])c32)c([2H])c(C(C)(C)C)c1[2H].[Pt]. The number of para-hydroxylation sites is 2. The fraction of sp³-hybridized carbons (Fsp3) is 0.229. The van der Waals surface area contributed by atoms with Gasteiger partial charge in [-0.1, -0.05) is 191 Å². The monoisotopic (exact) mass is 1190 g/mol. The number of benzene rings is 8. The second-order valence-corrected chi connectivity index (χ2v) is 23.0. The molecule has 6 heteroatoms. The van der Waals surface area contributed by atoms with Crippen LogP contribution in [0.1, 0.15) is 130 Å². The van der Waals surface area contributed by atoms with Gasteiger partial charge in [-0.25, -0.2) is 4.98 Å². The molecule has 3 heterocycles. The van der Waals surface area contributed by atoms with E-state index in [1.807, 2.05) is 46.8 Å². The molecule has 386 valence electrons. The van der Waals surface area contributed by atoms with Crippen LogP contribution in [0.2, 0.25) is 0 Å². The van der Waals surface area contributed by atoms with Crippen LogP contribution in [-0.4, -0.2) is 9.55 Å². The first-order chi connectivity index (χ1) is 43.2. The third-order valence-corrected chi connectivity index (χ3v) is 13.4. The molecule has 0 amide bonds. The largest absolute Gasteiger partial charge is 0.509 e. The molecular formula is C70H67N4OPt-3. The Balaban J connectivity index is 0.00000964. The van der Waals surface area contributed by atoms with Crippen molar-refractivity contribution in [2.45, 2.75) is 105 Å². The maximum atomic E-state index is 9.78. The maximum absolute atomic E-state index is 9.78. The Labute approximate surface area is 490 Å². The molecule has 76 heavy (non-hydrogen) atoms. The van der Waals surface area contributed by atoms with E-state index >= 15 is 0 Å². The third-order valence-electron chi connectivity index (χ3n) is 13.4. The molecule has 10 aromatic rings. The molecule has 0 aliphatic carbocycles. The topological polar surface area (TPSA) is 33.5 Å². The summed E-state index contributed by atoms with van der Waals surface area (Å²) < 4.78 is 172. The van der Waals surface area contributed by atoms with Gasteiger partial charge in [-0.15, -0.1) is 48.1 Å². The Morgan fingerprint density at radius 3 is 1.72 bits per heavy atom. The zero-order chi connectivity index (χ0) is 68.3. The number of hydrogen-bond acceptors (Lipinski definition) is 4. The van der Waals surface area contributed by atoms with E-state index in [4.69, 9.17) is 18.4 Å². The van der Waals surface area contributed by atoms with Crippen LogP contribution >= 0.6 is 0 Å². The number of hydrogen-bond donors (Lipinski definition) is 0. The molecule has 1 aliphatic heterocycles. The first-order valence-corrected chi connectivity index (χ1v) is 24.9. The molecule has 0 spiro atoms. The van der Waals surface area contributed by atoms with Gasteiger partial charge in [-0.05, 0) is 115 Å². The van der Waals surface area contributed by atoms with Crippen molar-refractivity contribution < 1.29 is 50.5 Å². The molecular weight excluding hydrogens is 1110 g/mol. The van der Waals surface area contributed by atoms with Crippen molar-refractivity contribution in [1.29, 1.82) is 0 Å². The number of rotatable bonds is 8. The Kier molecular flexibility index (Phi) is 8.95. The third kappa shape index (κ3) is 10.0. The molecule has 0 radical (unpaired) electrons. The van der Waals surface area contributed by atoms with Gasteiger partial charge in [0, 0.05) is 73.8 Å². The van der Waals surface area contributed by atoms with Gasteiger partial charge in [0.2, 0.25) is 0 Å². The van der Waals surface area contributed by atoms with Crippen molar-refractivity contribution in [1.82, 2.24) is 9.55 Å². The summed E-state index contributed by atoms with van der Waals surface area (Å²) in [5.74, 6) is -0.712. The number of anilines is 4. The van der Waals surface area contributed by atoms with E-state index in [-0.39, 0.29) is 106 Å². The van der Waals surface area contributed by atoms with Crippen molar-refractivity contribution in [3.05, 3.63) is 223 Å². The molecule has 0 saturated carbocycles. The summed E-state index contributed by atoms with van der Waals surface area (Å²) in [6.07, 6.45) is -0.557. The van der Waals surface area contributed by atoms with Gasteiger partial charge in [0.1, 0.15) is 5.82 Å². The predicted molar refractivity (Wildman–Crippen MR) is 315 cm³/mol. The fourth-order valence-electron chi connectivity index (χ4n) is 9.14. The van der Waals surface area contributed by atoms with Crippen molar-refractivity contribution >= 4 is 44.6 Å². The maximum Gasteiger partial charge on any atom is 0.135 e. The second-order valence-electron chi connectivity index (χ2n) is 23.0. The number of aromatic nitrogens is 2. The number of fused-ring (bicyclic) bond motifs is 4. The standard InChI is InChI=1S/C70H67N4O.Pt/c1-67(2,3)50-34-35-71-65(42-50)74-61-33-30-48(46-22-15-13-16-23-46)38-60(61)57-32-31-56(44-64(57)74)75-55-27-21-26-54(43-55)72-45-73(63-29-20-19-28-62(63)72)66-58(47-24-17-14-18-25-47)40-53(70(10,11)12)41-59(66)49-36-51(68(4,5)6)39-52(37-49)69(7,8)9;/h13-42,45H,1-12H3;/q-3;/i13D,14D,15D,16D,17D,18D,22D,23D,24D,25D,30D,31D,32D,33D,34D,35D,38D,42D;. The summed E-state index contributed by atoms with van der Waals surface area (Å²) in [5, 5.41) is -0.508. The Bertz CT molecular complexity index is 4770. The molecule has 0 N–H and O–H groups in total. The molecule has 11 rings (SSSR count). The zero-order valence-corrected chi connectivity index (χ0v) is 46.8. The molecule has 0 fully saturated rings. The Morgan fingerprint density at radius 1 is 0.500 bits per heavy atom. The second kappa shape index (κ2) is 19.7. The fourth-order valence-corrected chi connectivity index (χ4v) is 9.14. The molecule has 5 nitrogen and oxygen atoms in total. The van der Waals surface area contributed by atoms with Gasteiger partial charge < -0.3 is 19.1 Å². The predicted octanol–water partition coefficient (Wildman–Crippen LogP) is 19.2. The number of nitrogens with zero attached hydrogens (tertiary/aromatic N) is 4. The van der Waals surface area contributed by atoms with Crippen LogP contribution in [0.3, 0.4) is 0 Å². The van der Waals surface area contributed by atoms with E-state index < -0.39 is 107 Å². The summed E-state index contributed by atoms with van der Waals surface area (Å²) in [7, 11) is 0. The van der Waals surface area contributed by atoms with Gasteiger partial charge in [0.05, 0.1) is 21.9 Å². The van der Waals surface area contributed by atoms with Gasteiger partial charge >= 0.3 is 0 Å². The molecule has 0 unspecified atom stereocenters. The molecule has 0 bridgehead atoms. The minimum absolute atomic E-state index is 0. The molecule has 0 saturated heterocycles. The molecule has 1 aliphatic rings. The first kappa shape index (κ1) is 34.5. The van der Waals surface area contributed by atoms with E-state index in [0.29, 0.717) is 28.3 Å². The van der Waals surface area contributed by atoms with E-state index in [9.17, 15) is 11.0 Å². The van der Waals surface area contributed by atoms with Crippen LogP contribution in [0.25, 0.3) is 61.0 Å². The van der Waals surface area contributed by atoms with E-state index in [1.54, 1.807) is 39.0 Å². The number of ether oxygens (including phenoxy) is 1. The van der Waals surface area contributed by atoms with Gasteiger partial charge in [-0.2, -0.15) is 12.1 Å². The Morgan fingerprint density at radius 2 is 1.09 bits per heavy atom. The minimum atomic E-state index is -0.933. The van der Waals surface area contributed by atoms with Crippen LogP contribution in [0.5, 0.6) is 11.5 Å². The first-order valence-electron chi connectivity index (χ1n) is 33.9. The van der Waals surface area contributed by atoms with Crippen molar-refractivity contribution in [2.24, 2.45) is 0 Å². The number of pyridine rings is 1. The zero-order valence-electron chi connectivity index (χ0n) is 62.5. The summed E-state index contributed by atoms with van der Waals surface area (Å²) in [4.78, 5) is 8.19.